The van der Waals surface area contributed by atoms with Gasteiger partial charge in [-0.15, -0.1) is 0 Å². The molecule has 0 N–H and O–H groups in total. The lowest BCUT2D eigenvalue weighted by molar-refractivity contribution is 0.414. The Morgan fingerprint density at radius 2 is 2.00 bits per heavy atom. The van der Waals surface area contributed by atoms with Crippen molar-refractivity contribution in [2.24, 2.45) is 0 Å². The van der Waals surface area contributed by atoms with Gasteiger partial charge in [-0.2, -0.15) is 0 Å². The molecule has 0 aliphatic rings. The van der Waals surface area contributed by atoms with E-state index in [9.17, 15) is 0 Å². The second kappa shape index (κ2) is 4.70. The number of aromatic nitrogens is 2. The number of halogens is 1. The molecule has 4 heteroatoms. The van der Waals surface area contributed by atoms with Gasteiger partial charge in [0.15, 0.2) is 0 Å². The summed E-state index contributed by atoms with van der Waals surface area (Å²) in [6.45, 7) is 2.07. The molecule has 19 heavy (non-hydrogen) atoms. The number of hydrogen-bond acceptors (Lipinski definition) is 2. The van der Waals surface area contributed by atoms with Crippen LogP contribution in [0.3, 0.4) is 0 Å². The standard InChI is InChI=1S/C15H13BrN2O/c1-10-7-12(19-2)4-5-13(10)14-9-18-8-11(16)3-6-15(18)17-14/h3-9H,1-2H3. The molecule has 0 amide bonds. The number of ether oxygens (including phenoxy) is 1. The maximum atomic E-state index is 5.23. The van der Waals surface area contributed by atoms with Crippen LogP contribution < -0.4 is 4.74 Å². The van der Waals surface area contributed by atoms with Crippen LogP contribution in [0.2, 0.25) is 0 Å². The highest BCUT2D eigenvalue weighted by molar-refractivity contribution is 9.10. The zero-order valence-electron chi connectivity index (χ0n) is 10.7. The molecule has 0 unspecified atom stereocenters. The van der Waals surface area contributed by atoms with Crippen LogP contribution in [0.15, 0.2) is 47.2 Å². The Morgan fingerprint density at radius 3 is 2.74 bits per heavy atom. The highest BCUT2D eigenvalue weighted by Crippen LogP contribution is 2.26. The molecular formula is C15H13BrN2O. The Bertz CT molecular complexity index is 749. The van der Waals surface area contributed by atoms with E-state index >= 15 is 0 Å². The Kier molecular flexibility index (Phi) is 3.03. The highest BCUT2D eigenvalue weighted by Gasteiger charge is 2.08. The first kappa shape index (κ1) is 12.2. The summed E-state index contributed by atoms with van der Waals surface area (Å²) in [6.07, 6.45) is 4.04. The number of methoxy groups -OCH3 is 1. The van der Waals surface area contributed by atoms with Gasteiger partial charge in [0.2, 0.25) is 0 Å². The fourth-order valence-corrected chi connectivity index (χ4v) is 2.50. The van der Waals surface area contributed by atoms with Crippen molar-refractivity contribution in [3.05, 3.63) is 52.8 Å². The van der Waals surface area contributed by atoms with Crippen molar-refractivity contribution in [3.8, 4) is 17.0 Å². The van der Waals surface area contributed by atoms with E-state index in [0.29, 0.717) is 0 Å². The van der Waals surface area contributed by atoms with Gasteiger partial charge in [-0.05, 0) is 58.7 Å². The number of hydrogen-bond donors (Lipinski definition) is 0. The fraction of sp³-hybridized carbons (Fsp3) is 0.133. The van der Waals surface area contributed by atoms with Crippen LogP contribution in [0, 0.1) is 6.92 Å². The zero-order valence-corrected chi connectivity index (χ0v) is 12.3. The van der Waals surface area contributed by atoms with Crippen molar-refractivity contribution in [1.29, 1.82) is 0 Å². The molecule has 0 saturated heterocycles. The van der Waals surface area contributed by atoms with E-state index in [4.69, 9.17) is 4.74 Å². The van der Waals surface area contributed by atoms with Gasteiger partial charge in [0.1, 0.15) is 11.4 Å². The summed E-state index contributed by atoms with van der Waals surface area (Å²) in [7, 11) is 1.68. The van der Waals surface area contributed by atoms with Crippen molar-refractivity contribution < 1.29 is 4.74 Å². The first-order valence-electron chi connectivity index (χ1n) is 5.96. The second-order valence-electron chi connectivity index (χ2n) is 4.42. The van der Waals surface area contributed by atoms with E-state index in [0.717, 1.165) is 32.7 Å². The lowest BCUT2D eigenvalue weighted by Gasteiger charge is -2.05. The molecular weight excluding hydrogens is 304 g/mol. The fourth-order valence-electron chi connectivity index (χ4n) is 2.14. The summed E-state index contributed by atoms with van der Waals surface area (Å²) in [5.41, 5.74) is 4.19. The maximum absolute atomic E-state index is 5.23. The number of aryl methyl sites for hydroxylation is 1. The molecule has 3 rings (SSSR count). The monoisotopic (exact) mass is 316 g/mol. The van der Waals surface area contributed by atoms with Crippen LogP contribution in [0.5, 0.6) is 5.75 Å². The van der Waals surface area contributed by atoms with Crippen molar-refractivity contribution >= 4 is 21.6 Å². The predicted octanol–water partition coefficient (Wildman–Crippen LogP) is 4.08. The quantitative estimate of drug-likeness (QED) is 0.712. The van der Waals surface area contributed by atoms with E-state index in [1.54, 1.807) is 7.11 Å². The molecule has 0 radical (unpaired) electrons. The SMILES string of the molecule is COc1ccc(-c2cn3cc(Br)ccc3n2)c(C)c1. The number of imidazole rings is 1. The van der Waals surface area contributed by atoms with Gasteiger partial charge >= 0.3 is 0 Å². The molecule has 0 fully saturated rings. The molecule has 0 saturated carbocycles. The highest BCUT2D eigenvalue weighted by atomic mass is 79.9. The average Bonchev–Trinajstić information content (AvgIpc) is 2.81. The molecule has 96 valence electrons. The van der Waals surface area contributed by atoms with Gasteiger partial charge in [0, 0.05) is 22.4 Å². The lowest BCUT2D eigenvalue weighted by atomic mass is 10.1. The predicted molar refractivity (Wildman–Crippen MR) is 79.6 cm³/mol. The first-order chi connectivity index (χ1) is 9.17. The van der Waals surface area contributed by atoms with Crippen LogP contribution in [0.4, 0.5) is 0 Å². The molecule has 0 aliphatic heterocycles. The molecule has 2 aromatic heterocycles. The average molecular weight is 317 g/mol. The molecule has 1 aromatic carbocycles. The largest absolute Gasteiger partial charge is 0.497 e. The number of nitrogens with zero attached hydrogens (tertiary/aromatic N) is 2. The van der Waals surface area contributed by atoms with E-state index < -0.39 is 0 Å². The van der Waals surface area contributed by atoms with Crippen LogP contribution in [0.1, 0.15) is 5.56 Å². The molecule has 2 heterocycles. The maximum Gasteiger partial charge on any atom is 0.137 e. The number of fused-ring (bicyclic) bond motifs is 1. The molecule has 3 aromatic rings. The van der Waals surface area contributed by atoms with Crippen LogP contribution in [-0.4, -0.2) is 16.5 Å². The van der Waals surface area contributed by atoms with E-state index in [2.05, 4.69) is 27.8 Å². The summed E-state index contributed by atoms with van der Waals surface area (Å²) in [4.78, 5) is 4.64. The minimum atomic E-state index is 0.868. The van der Waals surface area contributed by atoms with Crippen LogP contribution in [-0.2, 0) is 0 Å². The summed E-state index contributed by atoms with van der Waals surface area (Å²) in [6, 6.07) is 10.0. The Hall–Kier alpha value is -1.81. The number of rotatable bonds is 2. The Morgan fingerprint density at radius 1 is 1.16 bits per heavy atom. The van der Waals surface area contributed by atoms with Crippen LogP contribution >= 0.6 is 15.9 Å². The molecule has 3 nitrogen and oxygen atoms in total. The molecule has 0 atom stereocenters. The summed E-state index contributed by atoms with van der Waals surface area (Å²) < 4.78 is 8.28. The summed E-state index contributed by atoms with van der Waals surface area (Å²) in [5, 5.41) is 0. The third-order valence-corrected chi connectivity index (χ3v) is 3.59. The van der Waals surface area contributed by atoms with Gasteiger partial charge in [-0.3, -0.25) is 0 Å². The normalized spacial score (nSPS) is 10.9. The number of benzene rings is 1. The van der Waals surface area contributed by atoms with Crippen molar-refractivity contribution in [1.82, 2.24) is 9.38 Å². The summed E-state index contributed by atoms with van der Waals surface area (Å²) in [5.74, 6) is 0.868. The van der Waals surface area contributed by atoms with E-state index in [1.807, 2.05) is 47.1 Å². The third-order valence-electron chi connectivity index (χ3n) is 3.12. The second-order valence-corrected chi connectivity index (χ2v) is 5.34. The van der Waals surface area contributed by atoms with Crippen molar-refractivity contribution in [3.63, 3.8) is 0 Å². The minimum Gasteiger partial charge on any atom is -0.497 e. The number of pyridine rings is 1. The van der Waals surface area contributed by atoms with Crippen LogP contribution in [0.25, 0.3) is 16.9 Å². The smallest absolute Gasteiger partial charge is 0.137 e. The van der Waals surface area contributed by atoms with Crippen molar-refractivity contribution in [2.75, 3.05) is 7.11 Å². The molecule has 0 aliphatic carbocycles. The lowest BCUT2D eigenvalue weighted by Crippen LogP contribution is -1.87. The zero-order chi connectivity index (χ0) is 13.4. The van der Waals surface area contributed by atoms with Gasteiger partial charge < -0.3 is 9.14 Å². The van der Waals surface area contributed by atoms with Gasteiger partial charge in [-0.1, -0.05) is 0 Å². The third kappa shape index (κ3) is 2.24. The molecule has 0 bridgehead atoms. The van der Waals surface area contributed by atoms with Gasteiger partial charge in [-0.25, -0.2) is 4.98 Å². The molecule has 0 spiro atoms. The van der Waals surface area contributed by atoms with Gasteiger partial charge in [0.25, 0.3) is 0 Å². The van der Waals surface area contributed by atoms with E-state index in [1.165, 1.54) is 0 Å². The Balaban J connectivity index is 2.13. The topological polar surface area (TPSA) is 26.5 Å². The Labute approximate surface area is 120 Å². The van der Waals surface area contributed by atoms with E-state index in [-0.39, 0.29) is 0 Å². The van der Waals surface area contributed by atoms with Crippen molar-refractivity contribution in [2.45, 2.75) is 6.92 Å². The first-order valence-corrected chi connectivity index (χ1v) is 6.76. The summed E-state index contributed by atoms with van der Waals surface area (Å²) >= 11 is 3.47. The van der Waals surface area contributed by atoms with Gasteiger partial charge in [0.05, 0.1) is 12.8 Å². The minimum absolute atomic E-state index is 0.868.